The molecule has 0 saturated carbocycles. The summed E-state index contributed by atoms with van der Waals surface area (Å²) in [5, 5.41) is 3.73. The number of carbonyl (C=O) groups is 1. The summed E-state index contributed by atoms with van der Waals surface area (Å²) in [5.74, 6) is -0.389. The van der Waals surface area contributed by atoms with Crippen LogP contribution in [0.1, 0.15) is 15.9 Å². The van der Waals surface area contributed by atoms with Crippen LogP contribution in [0.25, 0.3) is 22.2 Å². The molecule has 0 aliphatic carbocycles. The molecule has 1 amide bonds. The van der Waals surface area contributed by atoms with E-state index in [2.05, 4.69) is 10.3 Å². The normalized spacial score (nSPS) is 10.8. The Hall–Kier alpha value is -3.40. The van der Waals surface area contributed by atoms with Crippen LogP contribution in [0.15, 0.2) is 72.8 Å². The minimum absolute atomic E-state index is 0.137. The van der Waals surface area contributed by atoms with Gasteiger partial charge in [0.15, 0.2) is 0 Å². The highest BCUT2D eigenvalue weighted by Crippen LogP contribution is 2.26. The fourth-order valence-corrected chi connectivity index (χ4v) is 2.98. The number of benzene rings is 3. The molecule has 1 heterocycles. The van der Waals surface area contributed by atoms with Crippen LogP contribution in [0, 0.1) is 12.7 Å². The van der Waals surface area contributed by atoms with E-state index < -0.39 is 0 Å². The largest absolute Gasteiger partial charge is 0.355 e. The lowest BCUT2D eigenvalue weighted by Crippen LogP contribution is -2.11. The zero-order valence-corrected chi connectivity index (χ0v) is 14.2. The lowest BCUT2D eigenvalue weighted by atomic mass is 10.1. The minimum atomic E-state index is -0.253. The smallest absolute Gasteiger partial charge is 0.255 e. The number of aryl methyl sites for hydroxylation is 1. The first-order chi connectivity index (χ1) is 12.6. The Kier molecular flexibility index (Phi) is 4.01. The fraction of sp³-hybridized carbons (Fsp3) is 0.0455. The molecule has 2 N–H and O–H groups in total. The Morgan fingerprint density at radius 2 is 1.77 bits per heavy atom. The maximum absolute atomic E-state index is 13.3. The summed E-state index contributed by atoms with van der Waals surface area (Å²) >= 11 is 0. The number of amides is 1. The first-order valence-electron chi connectivity index (χ1n) is 8.35. The third kappa shape index (κ3) is 3.22. The van der Waals surface area contributed by atoms with Crippen molar-refractivity contribution in [1.82, 2.24) is 4.98 Å². The van der Waals surface area contributed by atoms with E-state index in [0.29, 0.717) is 5.56 Å². The van der Waals surface area contributed by atoms with Crippen molar-refractivity contribution in [3.8, 4) is 11.3 Å². The Balaban J connectivity index is 1.55. The first kappa shape index (κ1) is 16.1. The third-order valence-electron chi connectivity index (χ3n) is 4.32. The Labute approximate surface area is 150 Å². The van der Waals surface area contributed by atoms with Crippen molar-refractivity contribution < 1.29 is 9.18 Å². The molecule has 0 atom stereocenters. The van der Waals surface area contributed by atoms with Gasteiger partial charge in [0.05, 0.1) is 0 Å². The second kappa shape index (κ2) is 6.48. The number of carbonyl (C=O) groups excluding carboxylic acids is 1. The molecule has 4 aromatic rings. The maximum Gasteiger partial charge on any atom is 0.255 e. The van der Waals surface area contributed by atoms with Crippen molar-refractivity contribution in [3.05, 3.63) is 89.7 Å². The second-order valence-electron chi connectivity index (χ2n) is 6.32. The van der Waals surface area contributed by atoms with Crippen LogP contribution in [0.2, 0.25) is 0 Å². The van der Waals surface area contributed by atoms with Crippen LogP contribution in [0.3, 0.4) is 0 Å². The van der Waals surface area contributed by atoms with Gasteiger partial charge in [-0.1, -0.05) is 29.8 Å². The zero-order valence-electron chi connectivity index (χ0n) is 14.2. The molecule has 0 aliphatic rings. The highest BCUT2D eigenvalue weighted by molar-refractivity contribution is 6.04. The molecule has 3 nitrogen and oxygen atoms in total. The number of halogens is 1. The number of H-pyrrole nitrogens is 1. The van der Waals surface area contributed by atoms with E-state index in [4.69, 9.17) is 0 Å². The molecule has 128 valence electrons. The number of rotatable bonds is 3. The molecule has 0 radical (unpaired) electrons. The number of aromatic nitrogens is 1. The third-order valence-corrected chi connectivity index (χ3v) is 4.32. The van der Waals surface area contributed by atoms with E-state index in [-0.39, 0.29) is 11.7 Å². The number of hydrogen-bond acceptors (Lipinski definition) is 1. The SMILES string of the molecule is Cc1cccc(C(=O)Nc2ccc(-c3cc4cc(F)ccc4[nH]3)cc2)c1. The van der Waals surface area contributed by atoms with Crippen LogP contribution in [-0.2, 0) is 0 Å². The summed E-state index contributed by atoms with van der Waals surface area (Å²) in [6, 6.07) is 21.6. The van der Waals surface area contributed by atoms with Crippen molar-refractivity contribution in [2.45, 2.75) is 6.92 Å². The van der Waals surface area contributed by atoms with Gasteiger partial charge in [0.1, 0.15) is 5.82 Å². The second-order valence-corrected chi connectivity index (χ2v) is 6.32. The number of fused-ring (bicyclic) bond motifs is 1. The number of aromatic amines is 1. The summed E-state index contributed by atoms with van der Waals surface area (Å²) in [5.41, 5.74) is 5.16. The van der Waals surface area contributed by atoms with Gasteiger partial charge in [0.25, 0.3) is 5.91 Å². The molecular weight excluding hydrogens is 327 g/mol. The summed E-state index contributed by atoms with van der Waals surface area (Å²) in [6.07, 6.45) is 0. The van der Waals surface area contributed by atoms with E-state index in [9.17, 15) is 9.18 Å². The highest BCUT2D eigenvalue weighted by atomic mass is 19.1. The molecule has 4 heteroatoms. The lowest BCUT2D eigenvalue weighted by molar-refractivity contribution is 0.102. The molecule has 0 unspecified atom stereocenters. The van der Waals surface area contributed by atoms with Gasteiger partial charge < -0.3 is 10.3 Å². The average Bonchev–Trinajstić information content (AvgIpc) is 3.05. The van der Waals surface area contributed by atoms with E-state index in [0.717, 1.165) is 33.4 Å². The van der Waals surface area contributed by atoms with E-state index in [1.165, 1.54) is 12.1 Å². The van der Waals surface area contributed by atoms with Crippen LogP contribution in [0.4, 0.5) is 10.1 Å². The van der Waals surface area contributed by atoms with Crippen molar-refractivity contribution in [3.63, 3.8) is 0 Å². The van der Waals surface area contributed by atoms with Gasteiger partial charge >= 0.3 is 0 Å². The molecule has 3 aromatic carbocycles. The maximum atomic E-state index is 13.3. The van der Waals surface area contributed by atoms with Gasteiger partial charge in [-0.05, 0) is 61.0 Å². The number of hydrogen-bond donors (Lipinski definition) is 2. The molecule has 0 aliphatic heterocycles. The highest BCUT2D eigenvalue weighted by Gasteiger charge is 2.08. The van der Waals surface area contributed by atoms with Gasteiger partial charge in [0, 0.05) is 27.8 Å². The number of anilines is 1. The summed E-state index contributed by atoms with van der Waals surface area (Å²) in [4.78, 5) is 15.6. The number of nitrogens with one attached hydrogen (secondary N) is 2. The molecule has 4 rings (SSSR count). The molecule has 26 heavy (non-hydrogen) atoms. The molecular formula is C22H17FN2O. The molecule has 0 bridgehead atoms. The fourth-order valence-electron chi connectivity index (χ4n) is 2.98. The molecule has 1 aromatic heterocycles. The van der Waals surface area contributed by atoms with Crippen LogP contribution in [-0.4, -0.2) is 10.9 Å². The van der Waals surface area contributed by atoms with Crippen molar-refractivity contribution in [2.24, 2.45) is 0 Å². The van der Waals surface area contributed by atoms with Crippen molar-refractivity contribution >= 4 is 22.5 Å². The molecule has 0 fully saturated rings. The van der Waals surface area contributed by atoms with Crippen molar-refractivity contribution in [1.29, 1.82) is 0 Å². The topological polar surface area (TPSA) is 44.9 Å². The summed E-state index contributed by atoms with van der Waals surface area (Å²) < 4.78 is 13.3. The van der Waals surface area contributed by atoms with Gasteiger partial charge in [-0.3, -0.25) is 4.79 Å². The predicted octanol–water partition coefficient (Wildman–Crippen LogP) is 5.53. The van der Waals surface area contributed by atoms with Crippen LogP contribution in [0.5, 0.6) is 0 Å². The van der Waals surface area contributed by atoms with E-state index >= 15 is 0 Å². The zero-order chi connectivity index (χ0) is 18.1. The van der Waals surface area contributed by atoms with Gasteiger partial charge in [-0.25, -0.2) is 4.39 Å². The van der Waals surface area contributed by atoms with Gasteiger partial charge in [-0.15, -0.1) is 0 Å². The van der Waals surface area contributed by atoms with Crippen LogP contribution >= 0.6 is 0 Å². The molecule has 0 spiro atoms. The van der Waals surface area contributed by atoms with E-state index in [1.807, 2.05) is 55.5 Å². The Morgan fingerprint density at radius 3 is 2.54 bits per heavy atom. The van der Waals surface area contributed by atoms with Gasteiger partial charge in [-0.2, -0.15) is 0 Å². The quantitative estimate of drug-likeness (QED) is 0.504. The van der Waals surface area contributed by atoms with Crippen LogP contribution < -0.4 is 5.32 Å². The van der Waals surface area contributed by atoms with Gasteiger partial charge in [0.2, 0.25) is 0 Å². The Morgan fingerprint density at radius 1 is 0.962 bits per heavy atom. The van der Waals surface area contributed by atoms with E-state index in [1.54, 1.807) is 12.1 Å². The average molecular weight is 344 g/mol. The monoisotopic (exact) mass is 344 g/mol. The summed E-state index contributed by atoms with van der Waals surface area (Å²) in [6.45, 7) is 1.96. The first-order valence-corrected chi connectivity index (χ1v) is 8.35. The van der Waals surface area contributed by atoms with Crippen molar-refractivity contribution in [2.75, 3.05) is 5.32 Å². The minimum Gasteiger partial charge on any atom is -0.355 e. The standard InChI is InChI=1S/C22H17FN2O/c1-14-3-2-4-16(11-14)22(26)24-19-8-5-15(6-9-19)21-13-17-12-18(23)7-10-20(17)25-21/h2-13,25H,1H3,(H,24,26). The lowest BCUT2D eigenvalue weighted by Gasteiger charge is -2.07. The molecule has 0 saturated heterocycles. The Bertz CT molecular complexity index is 1100. The summed E-state index contributed by atoms with van der Waals surface area (Å²) in [7, 11) is 0. The predicted molar refractivity (Wildman–Crippen MR) is 103 cm³/mol.